The molecule has 180 valence electrons. The molecule has 1 aliphatic heterocycles. The number of benzene rings is 2. The van der Waals surface area contributed by atoms with E-state index in [-0.39, 0.29) is 18.1 Å². The van der Waals surface area contributed by atoms with Gasteiger partial charge in [0.2, 0.25) is 5.88 Å². The van der Waals surface area contributed by atoms with Crippen molar-refractivity contribution in [1.82, 2.24) is 4.98 Å². The number of pyridine rings is 1. The molecule has 2 aromatic carbocycles. The minimum atomic E-state index is -0.722. The Labute approximate surface area is 203 Å². The molecule has 2 amide bonds. The third-order valence-corrected chi connectivity index (χ3v) is 6.47. The molecule has 0 unspecified atom stereocenters. The van der Waals surface area contributed by atoms with E-state index in [9.17, 15) is 9.59 Å². The number of aliphatic carboxylic acids is 1. The van der Waals surface area contributed by atoms with E-state index >= 15 is 0 Å². The lowest BCUT2D eigenvalue weighted by atomic mass is 9.87. The number of carboxylic acid groups (broad SMARTS) is 1. The number of carboxylic acids is 1. The number of hydrogen-bond acceptors (Lipinski definition) is 5. The van der Waals surface area contributed by atoms with E-state index in [4.69, 9.17) is 14.6 Å². The Balaban J connectivity index is 1.25. The van der Waals surface area contributed by atoms with E-state index in [1.54, 1.807) is 11.1 Å². The first kappa shape index (κ1) is 22.7. The molecule has 0 saturated heterocycles. The van der Waals surface area contributed by atoms with Gasteiger partial charge in [0.15, 0.2) is 0 Å². The summed E-state index contributed by atoms with van der Waals surface area (Å²) in [6.07, 6.45) is 4.45. The molecule has 35 heavy (non-hydrogen) atoms. The Hall–Kier alpha value is -4.07. The summed E-state index contributed by atoms with van der Waals surface area (Å²) < 4.78 is 11.8. The highest BCUT2D eigenvalue weighted by Crippen LogP contribution is 2.36. The van der Waals surface area contributed by atoms with E-state index in [0.717, 1.165) is 35.3 Å². The highest BCUT2D eigenvalue weighted by molar-refractivity contribution is 6.03. The molecular formula is C27H27N3O5. The van der Waals surface area contributed by atoms with E-state index in [2.05, 4.69) is 10.3 Å². The summed E-state index contributed by atoms with van der Waals surface area (Å²) in [4.78, 5) is 30.1. The highest BCUT2D eigenvalue weighted by atomic mass is 16.5. The second-order valence-corrected chi connectivity index (χ2v) is 8.79. The molecule has 8 heteroatoms. The Morgan fingerprint density at radius 3 is 2.49 bits per heavy atom. The van der Waals surface area contributed by atoms with E-state index in [1.807, 2.05) is 60.7 Å². The normalized spacial score (nSPS) is 19.3. The minimum absolute atomic E-state index is 0.00545. The van der Waals surface area contributed by atoms with Gasteiger partial charge in [0, 0.05) is 23.5 Å². The first-order valence-corrected chi connectivity index (χ1v) is 11.8. The third kappa shape index (κ3) is 5.21. The van der Waals surface area contributed by atoms with Crippen LogP contribution in [0.4, 0.5) is 16.2 Å². The van der Waals surface area contributed by atoms with Crippen LogP contribution in [0.5, 0.6) is 11.6 Å². The summed E-state index contributed by atoms with van der Waals surface area (Å²) in [7, 11) is 0. The average Bonchev–Trinajstić information content (AvgIpc) is 2.89. The van der Waals surface area contributed by atoms with Crippen LogP contribution in [0.1, 0.15) is 25.7 Å². The number of carbonyl (C=O) groups excluding carboxylic acids is 1. The number of para-hydroxylation sites is 1. The molecule has 8 nitrogen and oxygen atoms in total. The molecule has 1 aliphatic carbocycles. The number of amides is 2. The predicted octanol–water partition coefficient (Wildman–Crippen LogP) is 5.20. The zero-order chi connectivity index (χ0) is 24.2. The van der Waals surface area contributed by atoms with Crippen molar-refractivity contribution in [2.45, 2.75) is 31.8 Å². The predicted molar refractivity (Wildman–Crippen MR) is 132 cm³/mol. The van der Waals surface area contributed by atoms with Gasteiger partial charge in [-0.25, -0.2) is 9.78 Å². The largest absolute Gasteiger partial charge is 0.490 e. The topological polar surface area (TPSA) is 101 Å². The molecule has 3 aromatic rings. The number of carbonyl (C=O) groups is 2. The summed E-state index contributed by atoms with van der Waals surface area (Å²) >= 11 is 0. The summed E-state index contributed by atoms with van der Waals surface area (Å²) in [5.74, 6) is 0.189. The van der Waals surface area contributed by atoms with Crippen molar-refractivity contribution in [2.24, 2.45) is 5.92 Å². The van der Waals surface area contributed by atoms with Crippen LogP contribution >= 0.6 is 0 Å². The van der Waals surface area contributed by atoms with Crippen LogP contribution in [0.3, 0.4) is 0 Å². The standard InChI is InChI=1S/C27H27N3O5/c31-26(32)18-6-10-22(11-7-18)35-25-13-9-20(17-28-25)19-8-12-23-24(16-19)34-15-14-30(23)27(33)29-21-4-2-1-3-5-21/h1-5,8-9,12-13,16-18,22H,6-7,10-11,14-15H2,(H,29,33)(H,31,32)/t18-,22+. The molecule has 0 atom stereocenters. The summed E-state index contributed by atoms with van der Waals surface area (Å²) in [6.45, 7) is 0.876. The number of nitrogens with zero attached hydrogens (tertiary/aromatic N) is 2. The minimum Gasteiger partial charge on any atom is -0.490 e. The van der Waals surface area contributed by atoms with Crippen molar-refractivity contribution < 1.29 is 24.2 Å². The van der Waals surface area contributed by atoms with Crippen molar-refractivity contribution in [3.8, 4) is 22.8 Å². The van der Waals surface area contributed by atoms with Gasteiger partial charge in [0.1, 0.15) is 18.5 Å². The second-order valence-electron chi connectivity index (χ2n) is 8.79. The SMILES string of the molecule is O=C(Nc1ccccc1)N1CCOc2cc(-c3ccc(O[C@H]4CC[C@@H](C(=O)O)CC4)nc3)ccc21. The number of urea groups is 1. The van der Waals surface area contributed by atoms with Crippen LogP contribution in [0.15, 0.2) is 66.9 Å². The molecule has 0 bridgehead atoms. The van der Waals surface area contributed by atoms with Crippen molar-refractivity contribution in [2.75, 3.05) is 23.4 Å². The third-order valence-electron chi connectivity index (χ3n) is 6.47. The summed E-state index contributed by atoms with van der Waals surface area (Å²) in [5, 5.41) is 12.1. The maximum Gasteiger partial charge on any atom is 0.326 e. The molecule has 0 radical (unpaired) electrons. The lowest BCUT2D eigenvalue weighted by molar-refractivity contribution is -0.143. The monoisotopic (exact) mass is 473 g/mol. The van der Waals surface area contributed by atoms with E-state index in [1.165, 1.54) is 0 Å². The first-order valence-electron chi connectivity index (χ1n) is 11.8. The summed E-state index contributed by atoms with van der Waals surface area (Å²) in [6, 6.07) is 18.7. The first-order chi connectivity index (χ1) is 17.1. The van der Waals surface area contributed by atoms with Gasteiger partial charge < -0.3 is 19.9 Å². The van der Waals surface area contributed by atoms with Gasteiger partial charge in [0.05, 0.1) is 18.2 Å². The van der Waals surface area contributed by atoms with Gasteiger partial charge >= 0.3 is 12.0 Å². The van der Waals surface area contributed by atoms with Gasteiger partial charge in [-0.05, 0) is 61.6 Å². The van der Waals surface area contributed by atoms with E-state index in [0.29, 0.717) is 37.6 Å². The summed E-state index contributed by atoms with van der Waals surface area (Å²) in [5.41, 5.74) is 3.29. The van der Waals surface area contributed by atoms with Gasteiger partial charge in [-0.2, -0.15) is 0 Å². The molecule has 2 N–H and O–H groups in total. The maximum atomic E-state index is 12.8. The maximum absolute atomic E-state index is 12.8. The van der Waals surface area contributed by atoms with Crippen molar-refractivity contribution >= 4 is 23.4 Å². The molecule has 1 saturated carbocycles. The fraction of sp³-hybridized carbons (Fsp3) is 0.296. The lowest BCUT2D eigenvalue weighted by Crippen LogP contribution is -2.40. The number of anilines is 2. The van der Waals surface area contributed by atoms with Crippen LogP contribution in [0.25, 0.3) is 11.1 Å². The number of aromatic nitrogens is 1. The molecule has 1 fully saturated rings. The fourth-order valence-electron chi connectivity index (χ4n) is 4.54. The quantitative estimate of drug-likeness (QED) is 0.528. The average molecular weight is 474 g/mol. The number of rotatable bonds is 5. The molecular weight excluding hydrogens is 446 g/mol. The Bertz CT molecular complexity index is 1190. The smallest absolute Gasteiger partial charge is 0.326 e. The fourth-order valence-corrected chi connectivity index (χ4v) is 4.54. The van der Waals surface area contributed by atoms with Gasteiger partial charge in [-0.1, -0.05) is 24.3 Å². The lowest BCUT2D eigenvalue weighted by Gasteiger charge is -2.30. The zero-order valence-corrected chi connectivity index (χ0v) is 19.2. The van der Waals surface area contributed by atoms with Crippen molar-refractivity contribution in [3.05, 3.63) is 66.9 Å². The van der Waals surface area contributed by atoms with Gasteiger partial charge in [0.25, 0.3) is 0 Å². The van der Waals surface area contributed by atoms with Gasteiger partial charge in [-0.3, -0.25) is 9.69 Å². The number of ether oxygens (including phenoxy) is 2. The number of fused-ring (bicyclic) bond motifs is 1. The van der Waals surface area contributed by atoms with Crippen LogP contribution in [-0.4, -0.2) is 41.3 Å². The van der Waals surface area contributed by atoms with Crippen LogP contribution in [-0.2, 0) is 4.79 Å². The molecule has 0 spiro atoms. The van der Waals surface area contributed by atoms with Crippen LogP contribution in [0.2, 0.25) is 0 Å². The number of nitrogens with one attached hydrogen (secondary N) is 1. The molecule has 2 heterocycles. The molecule has 5 rings (SSSR count). The van der Waals surface area contributed by atoms with Crippen molar-refractivity contribution in [3.63, 3.8) is 0 Å². The molecule has 1 aromatic heterocycles. The second kappa shape index (κ2) is 10.0. The van der Waals surface area contributed by atoms with Crippen molar-refractivity contribution in [1.29, 1.82) is 0 Å². The Morgan fingerprint density at radius 2 is 1.77 bits per heavy atom. The molecule has 2 aliphatic rings. The van der Waals surface area contributed by atoms with E-state index < -0.39 is 5.97 Å². The van der Waals surface area contributed by atoms with Crippen LogP contribution in [0, 0.1) is 5.92 Å². The zero-order valence-electron chi connectivity index (χ0n) is 19.2. The van der Waals surface area contributed by atoms with Crippen LogP contribution < -0.4 is 19.7 Å². The number of hydrogen-bond donors (Lipinski definition) is 2. The highest BCUT2D eigenvalue weighted by Gasteiger charge is 2.27. The Kier molecular flexibility index (Phi) is 6.52. The Morgan fingerprint density at radius 1 is 1.00 bits per heavy atom. The van der Waals surface area contributed by atoms with Gasteiger partial charge in [-0.15, -0.1) is 0 Å².